The highest BCUT2D eigenvalue weighted by Gasteiger charge is 2.21. The fraction of sp³-hybridized carbons (Fsp3) is 0.625. The topological polar surface area (TPSA) is 18.5 Å². The van der Waals surface area contributed by atoms with Crippen LogP contribution in [0.5, 0.6) is 5.75 Å². The third-order valence-electron chi connectivity index (χ3n) is 2.65. The first-order valence-corrected chi connectivity index (χ1v) is 6.58. The molecule has 0 N–H and O–H groups in total. The molecule has 0 atom stereocenters. The van der Waals surface area contributed by atoms with Crippen molar-refractivity contribution in [3.8, 4) is 5.75 Å². The second-order valence-corrected chi connectivity index (χ2v) is 6.39. The fourth-order valence-electron chi connectivity index (χ4n) is 1.58. The van der Waals surface area contributed by atoms with Crippen molar-refractivity contribution in [1.29, 1.82) is 0 Å². The summed E-state index contributed by atoms with van der Waals surface area (Å²) in [6.07, 6.45) is 0.873. The number of hydrogen-bond donors (Lipinski definition) is 0. The molecule has 0 aliphatic heterocycles. The van der Waals surface area contributed by atoms with Gasteiger partial charge < -0.3 is 9.47 Å². The molecule has 2 heteroatoms. The number of aryl methyl sites for hydroxylation is 1. The molecule has 0 bridgehead atoms. The predicted molar refractivity (Wildman–Crippen MR) is 76.2 cm³/mol. The summed E-state index contributed by atoms with van der Waals surface area (Å²) >= 11 is 0. The third kappa shape index (κ3) is 6.06. The van der Waals surface area contributed by atoms with Crippen LogP contribution in [0.4, 0.5) is 0 Å². The van der Waals surface area contributed by atoms with Crippen molar-refractivity contribution < 1.29 is 9.47 Å². The molecule has 18 heavy (non-hydrogen) atoms. The summed E-state index contributed by atoms with van der Waals surface area (Å²) < 4.78 is 11.7. The van der Waals surface area contributed by atoms with Crippen molar-refractivity contribution in [2.45, 2.75) is 59.2 Å². The van der Waals surface area contributed by atoms with E-state index in [0.29, 0.717) is 6.61 Å². The van der Waals surface area contributed by atoms with E-state index >= 15 is 0 Å². The van der Waals surface area contributed by atoms with Crippen molar-refractivity contribution >= 4 is 0 Å². The molecule has 102 valence electrons. The van der Waals surface area contributed by atoms with E-state index in [0.717, 1.165) is 12.2 Å². The van der Waals surface area contributed by atoms with Gasteiger partial charge in [-0.2, -0.15) is 0 Å². The van der Waals surface area contributed by atoms with E-state index in [4.69, 9.17) is 9.47 Å². The first kappa shape index (κ1) is 15.0. The lowest BCUT2D eigenvalue weighted by Gasteiger charge is -2.28. The van der Waals surface area contributed by atoms with E-state index in [2.05, 4.69) is 53.7 Å². The number of hydrogen-bond acceptors (Lipinski definition) is 2. The molecular weight excluding hydrogens is 224 g/mol. The predicted octanol–water partition coefficient (Wildman–Crippen LogP) is 4.36. The molecule has 0 saturated carbocycles. The van der Waals surface area contributed by atoms with Crippen molar-refractivity contribution in [2.75, 3.05) is 6.61 Å². The average Bonchev–Trinajstić information content (AvgIpc) is 2.18. The first-order valence-electron chi connectivity index (χ1n) is 6.58. The molecule has 1 aromatic carbocycles. The second kappa shape index (κ2) is 5.75. The SMILES string of the molecule is Cc1ccc(OC(C)(C)CCOC(C)(C)C)cc1. The van der Waals surface area contributed by atoms with Crippen LogP contribution in [-0.4, -0.2) is 17.8 Å². The molecule has 0 unspecified atom stereocenters. The molecule has 2 nitrogen and oxygen atoms in total. The van der Waals surface area contributed by atoms with E-state index < -0.39 is 0 Å². The maximum Gasteiger partial charge on any atom is 0.120 e. The Morgan fingerprint density at radius 2 is 1.50 bits per heavy atom. The lowest BCUT2D eigenvalue weighted by Crippen LogP contribution is -2.31. The highest BCUT2D eigenvalue weighted by Crippen LogP contribution is 2.22. The van der Waals surface area contributed by atoms with Gasteiger partial charge in [0.15, 0.2) is 0 Å². The molecule has 1 aromatic rings. The summed E-state index contributed by atoms with van der Waals surface area (Å²) in [7, 11) is 0. The number of rotatable bonds is 5. The third-order valence-corrected chi connectivity index (χ3v) is 2.65. The average molecular weight is 250 g/mol. The highest BCUT2D eigenvalue weighted by atomic mass is 16.5. The van der Waals surface area contributed by atoms with Crippen molar-refractivity contribution in [3.63, 3.8) is 0 Å². The van der Waals surface area contributed by atoms with Crippen LogP contribution in [0.3, 0.4) is 0 Å². The minimum Gasteiger partial charge on any atom is -0.488 e. The zero-order valence-electron chi connectivity index (χ0n) is 12.5. The summed E-state index contributed by atoms with van der Waals surface area (Å²) in [5.74, 6) is 0.918. The van der Waals surface area contributed by atoms with Crippen LogP contribution in [0.25, 0.3) is 0 Å². The van der Waals surface area contributed by atoms with Crippen LogP contribution in [-0.2, 0) is 4.74 Å². The molecule has 0 saturated heterocycles. The highest BCUT2D eigenvalue weighted by molar-refractivity contribution is 5.26. The van der Waals surface area contributed by atoms with Gasteiger partial charge in [-0.3, -0.25) is 0 Å². The van der Waals surface area contributed by atoms with E-state index in [1.54, 1.807) is 0 Å². The smallest absolute Gasteiger partial charge is 0.120 e. The zero-order valence-corrected chi connectivity index (χ0v) is 12.5. The Balaban J connectivity index is 2.46. The van der Waals surface area contributed by atoms with Crippen LogP contribution in [0.2, 0.25) is 0 Å². The lowest BCUT2D eigenvalue weighted by atomic mass is 10.1. The Morgan fingerprint density at radius 1 is 0.944 bits per heavy atom. The minimum absolute atomic E-state index is 0.0834. The molecule has 0 amide bonds. The Bertz CT molecular complexity index is 358. The van der Waals surface area contributed by atoms with Crippen LogP contribution < -0.4 is 4.74 Å². The molecule has 0 fully saturated rings. The molecule has 1 rings (SSSR count). The molecule has 0 aliphatic rings. The molecule has 0 aliphatic carbocycles. The number of benzene rings is 1. The summed E-state index contributed by atoms with van der Waals surface area (Å²) in [6, 6.07) is 8.16. The van der Waals surface area contributed by atoms with Gasteiger partial charge in [0.25, 0.3) is 0 Å². The molecule has 0 heterocycles. The quantitative estimate of drug-likeness (QED) is 0.773. The van der Waals surface area contributed by atoms with E-state index in [9.17, 15) is 0 Å². The van der Waals surface area contributed by atoms with Gasteiger partial charge in [0.1, 0.15) is 11.4 Å². The molecule has 0 spiro atoms. The zero-order chi connectivity index (χ0) is 13.8. The number of ether oxygens (including phenoxy) is 2. The van der Waals surface area contributed by atoms with Gasteiger partial charge in [-0.15, -0.1) is 0 Å². The van der Waals surface area contributed by atoms with E-state index in [1.807, 2.05) is 12.1 Å². The van der Waals surface area contributed by atoms with Gasteiger partial charge >= 0.3 is 0 Å². The van der Waals surface area contributed by atoms with Gasteiger partial charge in [0.05, 0.1) is 12.2 Å². The van der Waals surface area contributed by atoms with Crippen molar-refractivity contribution in [1.82, 2.24) is 0 Å². The van der Waals surface area contributed by atoms with Crippen LogP contribution >= 0.6 is 0 Å². The van der Waals surface area contributed by atoms with Gasteiger partial charge in [0.2, 0.25) is 0 Å². The summed E-state index contributed by atoms with van der Waals surface area (Å²) in [6.45, 7) is 13.2. The van der Waals surface area contributed by atoms with Crippen molar-refractivity contribution in [2.24, 2.45) is 0 Å². The van der Waals surface area contributed by atoms with Gasteiger partial charge in [-0.1, -0.05) is 17.7 Å². The van der Waals surface area contributed by atoms with Crippen molar-refractivity contribution in [3.05, 3.63) is 29.8 Å². The monoisotopic (exact) mass is 250 g/mol. The van der Waals surface area contributed by atoms with Crippen LogP contribution in [0.15, 0.2) is 24.3 Å². The Hall–Kier alpha value is -1.02. The second-order valence-electron chi connectivity index (χ2n) is 6.39. The van der Waals surface area contributed by atoms with Crippen LogP contribution in [0.1, 0.15) is 46.6 Å². The molecule has 0 radical (unpaired) electrons. The van der Waals surface area contributed by atoms with Crippen LogP contribution in [0, 0.1) is 6.92 Å². The lowest BCUT2D eigenvalue weighted by molar-refractivity contribution is -0.0292. The standard InChI is InChI=1S/C16H26O2/c1-13-7-9-14(10-8-13)18-16(5,6)11-12-17-15(2,3)4/h7-10H,11-12H2,1-6H3. The normalized spacial score (nSPS) is 12.6. The largest absolute Gasteiger partial charge is 0.488 e. The summed E-state index contributed by atoms with van der Waals surface area (Å²) in [4.78, 5) is 0. The Morgan fingerprint density at radius 3 is 2.00 bits per heavy atom. The van der Waals surface area contributed by atoms with E-state index in [1.165, 1.54) is 5.56 Å². The maximum atomic E-state index is 5.99. The Labute approximate surface area is 111 Å². The Kier molecular flexibility index (Phi) is 4.80. The fourth-order valence-corrected chi connectivity index (χ4v) is 1.58. The van der Waals surface area contributed by atoms with Gasteiger partial charge in [-0.25, -0.2) is 0 Å². The first-order chi connectivity index (χ1) is 8.18. The van der Waals surface area contributed by atoms with Gasteiger partial charge in [-0.05, 0) is 53.7 Å². The van der Waals surface area contributed by atoms with E-state index in [-0.39, 0.29) is 11.2 Å². The summed E-state index contributed by atoms with van der Waals surface area (Å²) in [5.41, 5.74) is 0.955. The minimum atomic E-state index is -0.208. The summed E-state index contributed by atoms with van der Waals surface area (Å²) in [5, 5.41) is 0. The molecule has 0 aromatic heterocycles. The molecular formula is C16H26O2. The van der Waals surface area contributed by atoms with Gasteiger partial charge in [0, 0.05) is 6.42 Å². The maximum absolute atomic E-state index is 5.99.